The smallest absolute Gasteiger partial charge is 0.136 e. The number of hydrogen-bond acceptors (Lipinski definition) is 2. The lowest BCUT2D eigenvalue weighted by Gasteiger charge is -2.21. The molecule has 0 N–H and O–H groups in total. The van der Waals surface area contributed by atoms with E-state index in [4.69, 9.17) is 8.83 Å². The molecule has 8 rings (SSSR count). The van der Waals surface area contributed by atoms with E-state index in [2.05, 4.69) is 98.8 Å². The highest BCUT2D eigenvalue weighted by molar-refractivity contribution is 6.15. The maximum Gasteiger partial charge on any atom is 0.136 e. The van der Waals surface area contributed by atoms with Gasteiger partial charge in [-0.25, -0.2) is 0 Å². The van der Waals surface area contributed by atoms with E-state index in [1.54, 1.807) is 0 Å². The van der Waals surface area contributed by atoms with Crippen LogP contribution < -0.4 is 0 Å². The Morgan fingerprint density at radius 3 is 2.17 bits per heavy atom. The topological polar surface area (TPSA) is 26.3 Å². The zero-order valence-corrected chi connectivity index (χ0v) is 19.6. The molecule has 7 aromatic rings. The van der Waals surface area contributed by atoms with Crippen molar-refractivity contribution in [3.05, 3.63) is 108 Å². The van der Waals surface area contributed by atoms with E-state index in [1.807, 2.05) is 12.1 Å². The molecule has 166 valence electrons. The van der Waals surface area contributed by atoms with Crippen LogP contribution in [0.1, 0.15) is 25.0 Å². The highest BCUT2D eigenvalue weighted by Gasteiger charge is 2.36. The normalized spacial score (nSPS) is 14.2. The molecule has 0 atom stereocenters. The molecule has 0 saturated carbocycles. The molecule has 5 aromatic carbocycles. The summed E-state index contributed by atoms with van der Waals surface area (Å²) >= 11 is 0. The molecule has 2 aromatic heterocycles. The Labute approximate surface area is 202 Å². The molecule has 2 heterocycles. The molecule has 35 heavy (non-hydrogen) atoms. The van der Waals surface area contributed by atoms with Crippen LogP contribution in [0.3, 0.4) is 0 Å². The molecule has 0 fully saturated rings. The van der Waals surface area contributed by atoms with Crippen LogP contribution in [0.25, 0.3) is 66.1 Å². The van der Waals surface area contributed by atoms with E-state index < -0.39 is 0 Å². The first-order valence-corrected chi connectivity index (χ1v) is 12.1. The number of furan rings is 2. The molecule has 0 aliphatic heterocycles. The lowest BCUT2D eigenvalue weighted by atomic mass is 9.82. The minimum Gasteiger partial charge on any atom is -0.456 e. The highest BCUT2D eigenvalue weighted by atomic mass is 16.3. The Morgan fingerprint density at radius 1 is 0.486 bits per heavy atom. The van der Waals surface area contributed by atoms with Crippen molar-refractivity contribution in [1.29, 1.82) is 0 Å². The largest absolute Gasteiger partial charge is 0.456 e. The Balaban J connectivity index is 1.43. The first-order valence-electron chi connectivity index (χ1n) is 12.1. The van der Waals surface area contributed by atoms with E-state index >= 15 is 0 Å². The van der Waals surface area contributed by atoms with Gasteiger partial charge in [-0.2, -0.15) is 0 Å². The molecule has 2 heteroatoms. The van der Waals surface area contributed by atoms with E-state index in [1.165, 1.54) is 44.2 Å². The maximum absolute atomic E-state index is 6.46. The van der Waals surface area contributed by atoms with Gasteiger partial charge < -0.3 is 8.83 Å². The molecular weight excluding hydrogens is 428 g/mol. The fourth-order valence-electron chi connectivity index (χ4n) is 6.15. The summed E-state index contributed by atoms with van der Waals surface area (Å²) in [7, 11) is 0. The van der Waals surface area contributed by atoms with Crippen molar-refractivity contribution in [2.75, 3.05) is 0 Å². The quantitative estimate of drug-likeness (QED) is 0.249. The van der Waals surface area contributed by atoms with E-state index in [0.29, 0.717) is 0 Å². The monoisotopic (exact) mass is 450 g/mol. The maximum atomic E-state index is 6.46. The summed E-state index contributed by atoms with van der Waals surface area (Å²) in [6, 6.07) is 34.5. The summed E-state index contributed by atoms with van der Waals surface area (Å²) in [6.07, 6.45) is 0. The second kappa shape index (κ2) is 6.43. The lowest BCUT2D eigenvalue weighted by molar-refractivity contribution is 0.647. The zero-order valence-electron chi connectivity index (χ0n) is 19.6. The fraction of sp³-hybridized carbons (Fsp3) is 0.0909. The van der Waals surface area contributed by atoms with Gasteiger partial charge in [-0.15, -0.1) is 0 Å². The standard InChI is InChI=1S/C33H22O2/c1-33(2)26-11-5-3-8-21(26)23-17-25-31(18-27(23)33)35-30-13-7-10-20(32(25)30)19-14-15-29-24(16-19)22-9-4-6-12-28(22)34-29/h3-18H,1-2H3. The van der Waals surface area contributed by atoms with E-state index in [9.17, 15) is 0 Å². The van der Waals surface area contributed by atoms with Crippen molar-refractivity contribution >= 4 is 43.9 Å². The van der Waals surface area contributed by atoms with Crippen LogP contribution in [-0.4, -0.2) is 0 Å². The van der Waals surface area contributed by atoms with Gasteiger partial charge in [-0.1, -0.05) is 74.5 Å². The van der Waals surface area contributed by atoms with Crippen molar-refractivity contribution in [2.45, 2.75) is 19.3 Å². The average molecular weight is 451 g/mol. The molecular formula is C33H22O2. The minimum absolute atomic E-state index is 0.0463. The van der Waals surface area contributed by atoms with Crippen LogP contribution in [-0.2, 0) is 5.41 Å². The van der Waals surface area contributed by atoms with Gasteiger partial charge in [0.1, 0.15) is 22.3 Å². The van der Waals surface area contributed by atoms with Crippen molar-refractivity contribution < 1.29 is 8.83 Å². The van der Waals surface area contributed by atoms with Gasteiger partial charge in [0.25, 0.3) is 0 Å². The molecule has 1 aliphatic carbocycles. The van der Waals surface area contributed by atoms with Crippen LogP contribution in [0.2, 0.25) is 0 Å². The van der Waals surface area contributed by atoms with Gasteiger partial charge in [-0.3, -0.25) is 0 Å². The van der Waals surface area contributed by atoms with E-state index in [0.717, 1.165) is 33.1 Å². The van der Waals surface area contributed by atoms with Gasteiger partial charge in [0.15, 0.2) is 0 Å². The number of rotatable bonds is 1. The van der Waals surface area contributed by atoms with Crippen LogP contribution in [0.4, 0.5) is 0 Å². The second-order valence-electron chi connectivity index (χ2n) is 10.2. The number of para-hydroxylation sites is 1. The summed E-state index contributed by atoms with van der Waals surface area (Å²) in [5, 5.41) is 4.61. The summed E-state index contributed by atoms with van der Waals surface area (Å²) in [4.78, 5) is 0. The number of fused-ring (bicyclic) bond motifs is 9. The van der Waals surface area contributed by atoms with Gasteiger partial charge in [-0.05, 0) is 69.8 Å². The molecule has 2 nitrogen and oxygen atoms in total. The molecule has 0 spiro atoms. The predicted octanol–water partition coefficient (Wildman–Crippen LogP) is 9.46. The van der Waals surface area contributed by atoms with Crippen LogP contribution in [0, 0.1) is 0 Å². The fourth-order valence-corrected chi connectivity index (χ4v) is 6.15. The summed E-state index contributed by atoms with van der Waals surface area (Å²) in [5.41, 5.74) is 11.3. The summed E-state index contributed by atoms with van der Waals surface area (Å²) in [5.74, 6) is 0. The number of hydrogen-bond donors (Lipinski definition) is 0. The Kier molecular flexibility index (Phi) is 3.50. The number of benzene rings is 5. The van der Waals surface area contributed by atoms with Crippen LogP contribution >= 0.6 is 0 Å². The first-order chi connectivity index (χ1) is 17.1. The zero-order chi connectivity index (χ0) is 23.3. The third kappa shape index (κ3) is 2.44. The van der Waals surface area contributed by atoms with Crippen molar-refractivity contribution in [3.63, 3.8) is 0 Å². The SMILES string of the molecule is CC1(C)c2ccccc2-c2cc3c(cc21)oc1cccc(-c2ccc4oc5ccccc5c4c2)c13. The average Bonchev–Trinajstić information content (AvgIpc) is 3.51. The van der Waals surface area contributed by atoms with Gasteiger partial charge in [0.05, 0.1) is 0 Å². The summed E-state index contributed by atoms with van der Waals surface area (Å²) < 4.78 is 12.5. The Morgan fingerprint density at radius 2 is 1.23 bits per heavy atom. The minimum atomic E-state index is -0.0463. The van der Waals surface area contributed by atoms with Crippen LogP contribution in [0.15, 0.2) is 106 Å². The highest BCUT2D eigenvalue weighted by Crippen LogP contribution is 2.51. The van der Waals surface area contributed by atoms with Gasteiger partial charge >= 0.3 is 0 Å². The van der Waals surface area contributed by atoms with Gasteiger partial charge in [0, 0.05) is 27.0 Å². The van der Waals surface area contributed by atoms with Crippen molar-refractivity contribution in [2.24, 2.45) is 0 Å². The van der Waals surface area contributed by atoms with Crippen molar-refractivity contribution in [3.8, 4) is 22.3 Å². The Bertz CT molecular complexity index is 1980. The van der Waals surface area contributed by atoms with E-state index in [-0.39, 0.29) is 5.41 Å². The molecule has 1 aliphatic rings. The van der Waals surface area contributed by atoms with Gasteiger partial charge in [0.2, 0.25) is 0 Å². The molecule has 0 bridgehead atoms. The van der Waals surface area contributed by atoms with Crippen LogP contribution in [0.5, 0.6) is 0 Å². The first kappa shape index (κ1) is 19.1. The third-order valence-electron chi connectivity index (χ3n) is 7.89. The third-order valence-corrected chi connectivity index (χ3v) is 7.89. The van der Waals surface area contributed by atoms with Crippen molar-refractivity contribution in [1.82, 2.24) is 0 Å². The lowest BCUT2D eigenvalue weighted by Crippen LogP contribution is -2.14. The Hall–Kier alpha value is -4.30. The second-order valence-corrected chi connectivity index (χ2v) is 10.2. The summed E-state index contributed by atoms with van der Waals surface area (Å²) in [6.45, 7) is 4.62. The molecule has 0 saturated heterocycles. The molecule has 0 unspecified atom stereocenters. The molecule has 0 amide bonds. The molecule has 0 radical (unpaired) electrons. The predicted molar refractivity (Wildman–Crippen MR) is 144 cm³/mol.